The molecule has 0 aliphatic carbocycles. The summed E-state index contributed by atoms with van der Waals surface area (Å²) < 4.78 is 6.31. The number of ketones is 1. The molecule has 0 bridgehead atoms. The molecule has 0 N–H and O–H groups in total. The molecule has 0 aliphatic heterocycles. The van der Waals surface area contributed by atoms with Crippen molar-refractivity contribution in [2.45, 2.75) is 0 Å². The zero-order valence-corrected chi connectivity index (χ0v) is 11.6. The van der Waals surface area contributed by atoms with Crippen LogP contribution in [0.15, 0.2) is 53.0 Å². The van der Waals surface area contributed by atoms with Crippen LogP contribution in [0, 0.1) is 11.3 Å². The Kier molecular flexibility index (Phi) is 4.32. The fraction of sp³-hybridized carbons (Fsp3) is 0.0667. The molecule has 0 saturated carbocycles. The average Bonchev–Trinajstić information content (AvgIpc) is 2.45. The molecule has 0 fully saturated rings. The molecule has 0 aliphatic rings. The van der Waals surface area contributed by atoms with E-state index in [4.69, 9.17) is 10.00 Å². The van der Waals surface area contributed by atoms with Gasteiger partial charge in [0.2, 0.25) is 0 Å². The number of para-hydroxylation sites is 1. The Bertz CT molecular complexity index is 629. The van der Waals surface area contributed by atoms with Crippen LogP contribution in [0.2, 0.25) is 0 Å². The molecule has 0 radical (unpaired) electrons. The summed E-state index contributed by atoms with van der Waals surface area (Å²) >= 11 is 3.31. The Labute approximate surface area is 119 Å². The Morgan fingerprint density at radius 2 is 1.84 bits per heavy atom. The zero-order chi connectivity index (χ0) is 13.7. The number of halogens is 1. The van der Waals surface area contributed by atoms with Gasteiger partial charge in [0, 0.05) is 10.0 Å². The van der Waals surface area contributed by atoms with Gasteiger partial charge in [0.05, 0.1) is 5.56 Å². The van der Waals surface area contributed by atoms with Gasteiger partial charge in [0.1, 0.15) is 11.8 Å². The van der Waals surface area contributed by atoms with E-state index in [1.54, 1.807) is 48.5 Å². The van der Waals surface area contributed by atoms with Crippen LogP contribution in [0.5, 0.6) is 5.75 Å². The van der Waals surface area contributed by atoms with Gasteiger partial charge >= 0.3 is 0 Å². The summed E-state index contributed by atoms with van der Waals surface area (Å²) in [6.45, 7) is -0.0830. The standard InChI is InChI=1S/C15H10BrNO2/c16-13-7-5-11(6-8-13)14(18)10-19-15-4-2-1-3-12(15)9-17/h1-8H,10H2. The number of hydrogen-bond acceptors (Lipinski definition) is 3. The van der Waals surface area contributed by atoms with Crippen LogP contribution in [-0.2, 0) is 0 Å². The first-order valence-corrected chi connectivity index (χ1v) is 6.40. The fourth-order valence-electron chi connectivity index (χ4n) is 1.55. The quantitative estimate of drug-likeness (QED) is 0.810. The van der Waals surface area contributed by atoms with Crippen LogP contribution in [0.3, 0.4) is 0 Å². The van der Waals surface area contributed by atoms with Crippen molar-refractivity contribution >= 4 is 21.7 Å². The predicted molar refractivity (Wildman–Crippen MR) is 75.1 cm³/mol. The molecule has 94 valence electrons. The smallest absolute Gasteiger partial charge is 0.200 e. The van der Waals surface area contributed by atoms with Crippen molar-refractivity contribution in [2.24, 2.45) is 0 Å². The highest BCUT2D eigenvalue weighted by molar-refractivity contribution is 9.10. The average molecular weight is 316 g/mol. The van der Waals surface area contributed by atoms with Gasteiger partial charge in [-0.05, 0) is 24.3 Å². The van der Waals surface area contributed by atoms with Crippen molar-refractivity contribution in [3.8, 4) is 11.8 Å². The summed E-state index contributed by atoms with van der Waals surface area (Å²) in [5, 5.41) is 8.91. The molecule has 0 amide bonds. The highest BCUT2D eigenvalue weighted by atomic mass is 79.9. The lowest BCUT2D eigenvalue weighted by atomic mass is 10.1. The minimum absolute atomic E-state index is 0.0830. The third-order valence-corrected chi connectivity index (χ3v) is 3.06. The molecule has 2 aromatic rings. The fourth-order valence-corrected chi connectivity index (χ4v) is 1.81. The summed E-state index contributed by atoms with van der Waals surface area (Å²) in [7, 11) is 0. The van der Waals surface area contributed by atoms with E-state index in [0.29, 0.717) is 16.9 Å². The number of hydrogen-bond donors (Lipinski definition) is 0. The van der Waals surface area contributed by atoms with Crippen molar-refractivity contribution < 1.29 is 9.53 Å². The van der Waals surface area contributed by atoms with Crippen LogP contribution >= 0.6 is 15.9 Å². The molecular weight excluding hydrogens is 306 g/mol. The number of Topliss-reactive ketones (excluding diaryl/α,β-unsaturated/α-hetero) is 1. The second-order valence-corrected chi connectivity index (χ2v) is 4.74. The van der Waals surface area contributed by atoms with E-state index in [9.17, 15) is 4.79 Å². The first kappa shape index (κ1) is 13.3. The second kappa shape index (κ2) is 6.17. The summed E-state index contributed by atoms with van der Waals surface area (Å²) in [6, 6.07) is 15.9. The van der Waals surface area contributed by atoms with E-state index in [1.165, 1.54) is 0 Å². The lowest BCUT2D eigenvalue weighted by Gasteiger charge is -2.06. The van der Waals surface area contributed by atoms with Gasteiger partial charge in [-0.1, -0.05) is 40.2 Å². The van der Waals surface area contributed by atoms with Crippen LogP contribution in [0.25, 0.3) is 0 Å². The van der Waals surface area contributed by atoms with Crippen molar-refractivity contribution in [1.82, 2.24) is 0 Å². The number of carbonyl (C=O) groups is 1. The van der Waals surface area contributed by atoms with Crippen LogP contribution in [-0.4, -0.2) is 12.4 Å². The Hall–Kier alpha value is -2.12. The molecule has 4 heteroatoms. The molecule has 0 heterocycles. The Morgan fingerprint density at radius 3 is 2.53 bits per heavy atom. The number of ether oxygens (including phenoxy) is 1. The van der Waals surface area contributed by atoms with Gasteiger partial charge in [-0.2, -0.15) is 5.26 Å². The minimum Gasteiger partial charge on any atom is -0.484 e. The van der Waals surface area contributed by atoms with Crippen molar-refractivity contribution in [2.75, 3.05) is 6.61 Å². The maximum Gasteiger partial charge on any atom is 0.200 e. The highest BCUT2D eigenvalue weighted by Crippen LogP contribution is 2.17. The van der Waals surface area contributed by atoms with Crippen molar-refractivity contribution in [3.05, 3.63) is 64.1 Å². The Balaban J connectivity index is 2.05. The number of benzene rings is 2. The van der Waals surface area contributed by atoms with Gasteiger partial charge in [-0.3, -0.25) is 4.79 Å². The normalized spacial score (nSPS) is 9.68. The predicted octanol–water partition coefficient (Wildman–Crippen LogP) is 3.58. The summed E-state index contributed by atoms with van der Waals surface area (Å²) in [5.74, 6) is 0.302. The van der Waals surface area contributed by atoms with Gasteiger partial charge in [-0.25, -0.2) is 0 Å². The largest absolute Gasteiger partial charge is 0.484 e. The summed E-state index contributed by atoms with van der Waals surface area (Å²) in [4.78, 5) is 11.9. The van der Waals surface area contributed by atoms with Gasteiger partial charge in [0.15, 0.2) is 12.4 Å². The Morgan fingerprint density at radius 1 is 1.16 bits per heavy atom. The van der Waals surface area contributed by atoms with E-state index >= 15 is 0 Å². The third-order valence-electron chi connectivity index (χ3n) is 2.53. The van der Waals surface area contributed by atoms with Gasteiger partial charge in [-0.15, -0.1) is 0 Å². The summed E-state index contributed by atoms with van der Waals surface area (Å²) in [5.41, 5.74) is 1.00. The molecular formula is C15H10BrNO2. The lowest BCUT2D eigenvalue weighted by molar-refractivity contribution is 0.0921. The molecule has 3 nitrogen and oxygen atoms in total. The maximum absolute atomic E-state index is 11.9. The van der Waals surface area contributed by atoms with Gasteiger partial charge in [0.25, 0.3) is 0 Å². The molecule has 2 aromatic carbocycles. The van der Waals surface area contributed by atoms with E-state index in [2.05, 4.69) is 15.9 Å². The topological polar surface area (TPSA) is 50.1 Å². The lowest BCUT2D eigenvalue weighted by Crippen LogP contribution is -2.12. The molecule has 0 atom stereocenters. The van der Waals surface area contributed by atoms with Crippen molar-refractivity contribution in [1.29, 1.82) is 5.26 Å². The molecule has 0 saturated heterocycles. The van der Waals surface area contributed by atoms with E-state index in [1.807, 2.05) is 6.07 Å². The number of carbonyl (C=O) groups excluding carboxylic acids is 1. The highest BCUT2D eigenvalue weighted by Gasteiger charge is 2.08. The zero-order valence-electron chi connectivity index (χ0n) is 9.97. The van der Waals surface area contributed by atoms with Gasteiger partial charge < -0.3 is 4.74 Å². The van der Waals surface area contributed by atoms with E-state index in [-0.39, 0.29) is 12.4 Å². The first-order valence-electron chi connectivity index (χ1n) is 5.61. The van der Waals surface area contributed by atoms with E-state index < -0.39 is 0 Å². The minimum atomic E-state index is -0.125. The molecule has 0 unspecified atom stereocenters. The SMILES string of the molecule is N#Cc1ccccc1OCC(=O)c1ccc(Br)cc1. The molecule has 0 spiro atoms. The van der Waals surface area contributed by atoms with Crippen LogP contribution in [0.1, 0.15) is 15.9 Å². The molecule has 19 heavy (non-hydrogen) atoms. The molecule has 0 aromatic heterocycles. The first-order chi connectivity index (χ1) is 9.20. The van der Waals surface area contributed by atoms with Crippen molar-refractivity contribution in [3.63, 3.8) is 0 Å². The van der Waals surface area contributed by atoms with E-state index in [0.717, 1.165) is 4.47 Å². The maximum atomic E-state index is 11.9. The molecule has 2 rings (SSSR count). The number of nitriles is 1. The summed E-state index contributed by atoms with van der Waals surface area (Å²) in [6.07, 6.45) is 0. The number of nitrogens with zero attached hydrogens (tertiary/aromatic N) is 1. The third kappa shape index (κ3) is 3.43. The number of rotatable bonds is 4. The monoisotopic (exact) mass is 315 g/mol. The van der Waals surface area contributed by atoms with Crippen LogP contribution < -0.4 is 4.74 Å². The second-order valence-electron chi connectivity index (χ2n) is 3.83. The van der Waals surface area contributed by atoms with Crippen LogP contribution in [0.4, 0.5) is 0 Å².